The number of carbonyl (C=O) groups excluding carboxylic acids is 1. The van der Waals surface area contributed by atoms with E-state index < -0.39 is 5.56 Å². The molecule has 4 rings (SSSR count). The molecule has 148 valence electrons. The van der Waals surface area contributed by atoms with Gasteiger partial charge in [0.05, 0.1) is 5.56 Å². The third kappa shape index (κ3) is 3.85. The summed E-state index contributed by atoms with van der Waals surface area (Å²) in [4.78, 5) is 37.7. The van der Waals surface area contributed by atoms with E-state index in [9.17, 15) is 14.7 Å². The fraction of sp³-hybridized carbons (Fsp3) is 0.500. The summed E-state index contributed by atoms with van der Waals surface area (Å²) in [6.45, 7) is 3.57. The average Bonchev–Trinajstić information content (AvgIpc) is 2.67. The maximum Gasteiger partial charge on any atom is 0.251 e. The first-order valence-corrected chi connectivity index (χ1v) is 9.85. The van der Waals surface area contributed by atoms with Crippen LogP contribution >= 0.6 is 0 Å². The second-order valence-corrected chi connectivity index (χ2v) is 7.58. The quantitative estimate of drug-likeness (QED) is 0.740. The maximum atomic E-state index is 12.4. The van der Waals surface area contributed by atoms with Crippen LogP contribution in [0.4, 0.5) is 5.82 Å². The SMILES string of the molecule is Cc1nc2c(c(N3CCC(NC(=O)c4cc(O)[nH]c(=O)c4)CC3)n1)CCCC2. The van der Waals surface area contributed by atoms with Gasteiger partial charge in [-0.05, 0) is 45.4 Å². The maximum absolute atomic E-state index is 12.4. The van der Waals surface area contributed by atoms with Crippen LogP contribution in [-0.4, -0.2) is 45.1 Å². The van der Waals surface area contributed by atoms with Crippen LogP contribution in [0.3, 0.4) is 0 Å². The molecule has 1 aliphatic carbocycles. The molecular weight excluding hydrogens is 358 g/mol. The summed E-state index contributed by atoms with van der Waals surface area (Å²) >= 11 is 0. The monoisotopic (exact) mass is 383 g/mol. The van der Waals surface area contributed by atoms with Crippen LogP contribution < -0.4 is 15.8 Å². The molecule has 0 atom stereocenters. The zero-order valence-electron chi connectivity index (χ0n) is 16.0. The summed E-state index contributed by atoms with van der Waals surface area (Å²) in [6.07, 6.45) is 6.04. The van der Waals surface area contributed by atoms with Crippen molar-refractivity contribution in [3.8, 4) is 5.88 Å². The summed E-state index contributed by atoms with van der Waals surface area (Å²) in [6, 6.07) is 2.49. The topological polar surface area (TPSA) is 111 Å². The van der Waals surface area contributed by atoms with Crippen LogP contribution in [0.15, 0.2) is 16.9 Å². The first kappa shape index (κ1) is 18.5. The van der Waals surface area contributed by atoms with Crippen molar-refractivity contribution in [3.63, 3.8) is 0 Å². The fourth-order valence-corrected chi connectivity index (χ4v) is 4.12. The van der Waals surface area contributed by atoms with Gasteiger partial charge in [0.2, 0.25) is 0 Å². The van der Waals surface area contributed by atoms with Gasteiger partial charge in [-0.15, -0.1) is 0 Å². The fourth-order valence-electron chi connectivity index (χ4n) is 4.12. The molecule has 28 heavy (non-hydrogen) atoms. The van der Waals surface area contributed by atoms with E-state index in [1.54, 1.807) is 0 Å². The second kappa shape index (κ2) is 7.61. The van der Waals surface area contributed by atoms with Gasteiger partial charge in [0.15, 0.2) is 5.88 Å². The van der Waals surface area contributed by atoms with Crippen LogP contribution in [-0.2, 0) is 12.8 Å². The number of nitrogens with one attached hydrogen (secondary N) is 2. The Morgan fingerprint density at radius 2 is 1.96 bits per heavy atom. The van der Waals surface area contributed by atoms with E-state index in [-0.39, 0.29) is 23.4 Å². The van der Waals surface area contributed by atoms with E-state index in [0.29, 0.717) is 0 Å². The number of aromatic hydroxyl groups is 1. The van der Waals surface area contributed by atoms with Crippen molar-refractivity contribution in [2.75, 3.05) is 18.0 Å². The Bertz CT molecular complexity index is 947. The molecule has 8 heteroatoms. The number of hydrogen-bond acceptors (Lipinski definition) is 6. The highest BCUT2D eigenvalue weighted by atomic mass is 16.3. The van der Waals surface area contributed by atoms with Crippen molar-refractivity contribution in [1.29, 1.82) is 0 Å². The van der Waals surface area contributed by atoms with E-state index in [4.69, 9.17) is 4.98 Å². The molecule has 0 saturated carbocycles. The Balaban J connectivity index is 1.42. The number of pyridine rings is 1. The number of rotatable bonds is 3. The molecule has 2 aromatic heterocycles. The molecule has 1 saturated heterocycles. The van der Waals surface area contributed by atoms with Gasteiger partial charge >= 0.3 is 0 Å². The van der Waals surface area contributed by atoms with E-state index >= 15 is 0 Å². The van der Waals surface area contributed by atoms with E-state index in [2.05, 4.69) is 20.2 Å². The molecule has 2 aromatic rings. The lowest BCUT2D eigenvalue weighted by atomic mass is 9.95. The van der Waals surface area contributed by atoms with Gasteiger partial charge in [0.1, 0.15) is 11.6 Å². The molecule has 0 unspecified atom stereocenters. The molecule has 1 fully saturated rings. The van der Waals surface area contributed by atoms with Crippen molar-refractivity contribution in [1.82, 2.24) is 20.3 Å². The standard InChI is InChI=1S/C20H25N5O3/c1-12-21-16-5-3-2-4-15(16)19(22-12)25-8-6-14(7-9-25)23-20(28)13-10-17(26)24-18(27)11-13/h10-11,14H,2-9H2,1H3,(H,23,28)(H2,24,26,27). The lowest BCUT2D eigenvalue weighted by Gasteiger charge is -2.35. The third-order valence-electron chi connectivity index (χ3n) is 5.50. The Hall–Kier alpha value is -2.90. The number of piperidine rings is 1. The molecule has 8 nitrogen and oxygen atoms in total. The van der Waals surface area contributed by atoms with Crippen molar-refractivity contribution < 1.29 is 9.90 Å². The predicted molar refractivity (Wildman–Crippen MR) is 105 cm³/mol. The number of anilines is 1. The van der Waals surface area contributed by atoms with Crippen LogP contribution in [0.5, 0.6) is 5.88 Å². The number of nitrogens with zero attached hydrogens (tertiary/aromatic N) is 3. The molecule has 3 heterocycles. The Labute approximate surface area is 163 Å². The van der Waals surface area contributed by atoms with Crippen molar-refractivity contribution in [3.05, 3.63) is 45.1 Å². The molecule has 0 radical (unpaired) electrons. The molecule has 0 aromatic carbocycles. The number of amides is 1. The van der Waals surface area contributed by atoms with Gasteiger partial charge < -0.3 is 15.3 Å². The normalized spacial score (nSPS) is 17.2. The largest absolute Gasteiger partial charge is 0.494 e. The highest BCUT2D eigenvalue weighted by Gasteiger charge is 2.26. The Morgan fingerprint density at radius 1 is 1.21 bits per heavy atom. The van der Waals surface area contributed by atoms with Gasteiger partial charge in [0.25, 0.3) is 11.5 Å². The Morgan fingerprint density at radius 3 is 2.71 bits per heavy atom. The summed E-state index contributed by atoms with van der Waals surface area (Å²) in [5.41, 5.74) is 2.16. The van der Waals surface area contributed by atoms with E-state index in [1.165, 1.54) is 36.2 Å². The number of fused-ring (bicyclic) bond motifs is 1. The summed E-state index contributed by atoms with van der Waals surface area (Å²) in [5, 5.41) is 12.4. The predicted octanol–water partition coefficient (Wildman–Crippen LogP) is 1.46. The summed E-state index contributed by atoms with van der Waals surface area (Å²) < 4.78 is 0. The molecule has 3 N–H and O–H groups in total. The smallest absolute Gasteiger partial charge is 0.251 e. The number of hydrogen-bond donors (Lipinski definition) is 3. The number of aryl methyl sites for hydroxylation is 2. The van der Waals surface area contributed by atoms with Crippen LogP contribution in [0.25, 0.3) is 0 Å². The summed E-state index contributed by atoms with van der Waals surface area (Å²) in [5.74, 6) is 1.23. The molecule has 0 spiro atoms. The van der Waals surface area contributed by atoms with Crippen LogP contribution in [0, 0.1) is 6.92 Å². The number of carbonyl (C=O) groups is 1. The van der Waals surface area contributed by atoms with Gasteiger partial charge in [-0.3, -0.25) is 14.6 Å². The molecule has 0 bridgehead atoms. The molecular formula is C20H25N5O3. The van der Waals surface area contributed by atoms with Gasteiger partial charge in [-0.1, -0.05) is 0 Å². The minimum atomic E-state index is -0.496. The van der Waals surface area contributed by atoms with Crippen molar-refractivity contribution >= 4 is 11.7 Å². The third-order valence-corrected chi connectivity index (χ3v) is 5.50. The zero-order chi connectivity index (χ0) is 19.7. The highest BCUT2D eigenvalue weighted by molar-refractivity contribution is 5.94. The van der Waals surface area contributed by atoms with E-state index in [1.807, 2.05) is 6.92 Å². The number of aromatic amines is 1. The van der Waals surface area contributed by atoms with Crippen molar-refractivity contribution in [2.45, 2.75) is 51.5 Å². The number of H-pyrrole nitrogens is 1. The lowest BCUT2D eigenvalue weighted by Crippen LogP contribution is -2.45. The minimum absolute atomic E-state index is 0.0314. The van der Waals surface area contributed by atoms with E-state index in [0.717, 1.165) is 50.4 Å². The number of aromatic nitrogens is 3. The lowest BCUT2D eigenvalue weighted by molar-refractivity contribution is 0.0930. The van der Waals surface area contributed by atoms with Crippen molar-refractivity contribution in [2.24, 2.45) is 0 Å². The Kier molecular flexibility index (Phi) is 5.02. The van der Waals surface area contributed by atoms with Gasteiger partial charge in [-0.25, -0.2) is 9.97 Å². The molecule has 1 amide bonds. The van der Waals surface area contributed by atoms with Gasteiger partial charge in [0, 0.05) is 42.5 Å². The van der Waals surface area contributed by atoms with Gasteiger partial charge in [-0.2, -0.15) is 0 Å². The molecule has 1 aliphatic heterocycles. The minimum Gasteiger partial charge on any atom is -0.494 e. The highest BCUT2D eigenvalue weighted by Crippen LogP contribution is 2.29. The molecule has 2 aliphatic rings. The van der Waals surface area contributed by atoms with Crippen LogP contribution in [0.1, 0.15) is 53.1 Å². The first-order valence-electron chi connectivity index (χ1n) is 9.85. The average molecular weight is 383 g/mol. The summed E-state index contributed by atoms with van der Waals surface area (Å²) in [7, 11) is 0. The second-order valence-electron chi connectivity index (χ2n) is 7.58. The zero-order valence-corrected chi connectivity index (χ0v) is 16.0. The first-order chi connectivity index (χ1) is 13.5. The van der Waals surface area contributed by atoms with Crippen LogP contribution in [0.2, 0.25) is 0 Å².